The van der Waals surface area contributed by atoms with Gasteiger partial charge in [0, 0.05) is 17.2 Å². The molecule has 0 heterocycles. The van der Waals surface area contributed by atoms with Crippen molar-refractivity contribution in [2.45, 2.75) is 13.8 Å². The van der Waals surface area contributed by atoms with Crippen LogP contribution in [0, 0.1) is 13.8 Å². The fraction of sp³-hybridized carbons (Fsp3) is 0.111. The van der Waals surface area contributed by atoms with E-state index in [2.05, 4.69) is 0 Å². The van der Waals surface area contributed by atoms with E-state index in [9.17, 15) is 9.59 Å². The van der Waals surface area contributed by atoms with E-state index in [1.54, 1.807) is 24.3 Å². The highest BCUT2D eigenvalue weighted by molar-refractivity contribution is 6.23. The van der Waals surface area contributed by atoms with Gasteiger partial charge in [-0.05, 0) is 25.0 Å². The van der Waals surface area contributed by atoms with Gasteiger partial charge in [0.2, 0.25) is 5.78 Å². The molecule has 3 rings (SSSR count). The number of carbonyl (C=O) groups is 2. The number of aryl methyl sites for hydroxylation is 2. The highest BCUT2D eigenvalue weighted by Gasteiger charge is 2.27. The normalized spacial score (nSPS) is 13.7. The molecule has 0 bridgehead atoms. The fourth-order valence-electron chi connectivity index (χ4n) is 2.44. The Morgan fingerprint density at radius 2 is 1.43 bits per heavy atom. The Kier molecular flexibility index (Phi) is 3.18. The summed E-state index contributed by atoms with van der Waals surface area (Å²) in [6.07, 6.45) is 1.27. The number of fused-ring (bicyclic) bond motifs is 1. The lowest BCUT2D eigenvalue weighted by Gasteiger charge is -2.17. The minimum absolute atomic E-state index is 0.0797. The molecule has 1 aliphatic carbocycles. The van der Waals surface area contributed by atoms with Crippen molar-refractivity contribution in [1.29, 1.82) is 0 Å². The number of carbonyl (C=O) groups excluding carboxylic acids is 2. The third-order valence-corrected chi connectivity index (χ3v) is 3.54. The Morgan fingerprint density at radius 1 is 0.810 bits per heavy atom. The Hall–Kier alpha value is -2.68. The topological polar surface area (TPSA) is 43.4 Å². The molecule has 104 valence electrons. The highest BCUT2D eigenvalue weighted by Crippen LogP contribution is 2.28. The predicted molar refractivity (Wildman–Crippen MR) is 79.7 cm³/mol. The molecule has 0 amide bonds. The third-order valence-electron chi connectivity index (χ3n) is 3.54. The van der Waals surface area contributed by atoms with E-state index in [-0.39, 0.29) is 17.3 Å². The molecule has 2 aromatic rings. The maximum atomic E-state index is 12.4. The molecule has 1 aliphatic rings. The summed E-state index contributed by atoms with van der Waals surface area (Å²) in [7, 11) is 0. The van der Waals surface area contributed by atoms with E-state index in [1.165, 1.54) is 6.08 Å². The molecule has 3 nitrogen and oxygen atoms in total. The van der Waals surface area contributed by atoms with Crippen molar-refractivity contribution in [3.63, 3.8) is 0 Å². The molecular weight excluding hydrogens is 264 g/mol. The Balaban J connectivity index is 2.02. The van der Waals surface area contributed by atoms with Crippen LogP contribution in [-0.2, 0) is 0 Å². The van der Waals surface area contributed by atoms with Gasteiger partial charge in [0.25, 0.3) is 0 Å². The quantitative estimate of drug-likeness (QED) is 0.842. The first-order valence-corrected chi connectivity index (χ1v) is 6.72. The molecule has 0 radical (unpaired) electrons. The van der Waals surface area contributed by atoms with Gasteiger partial charge in [0.1, 0.15) is 5.75 Å². The molecule has 0 spiro atoms. The number of ether oxygens (including phenoxy) is 1. The van der Waals surface area contributed by atoms with Crippen molar-refractivity contribution in [2.24, 2.45) is 0 Å². The van der Waals surface area contributed by atoms with Crippen LogP contribution < -0.4 is 4.74 Å². The zero-order valence-corrected chi connectivity index (χ0v) is 11.8. The van der Waals surface area contributed by atoms with Crippen LogP contribution in [0.1, 0.15) is 31.8 Å². The van der Waals surface area contributed by atoms with Crippen molar-refractivity contribution in [2.75, 3.05) is 0 Å². The van der Waals surface area contributed by atoms with Crippen LogP contribution >= 0.6 is 0 Å². The average molecular weight is 278 g/mol. The highest BCUT2D eigenvalue weighted by atomic mass is 16.5. The first-order valence-electron chi connectivity index (χ1n) is 6.72. The smallest absolute Gasteiger partial charge is 0.229 e. The van der Waals surface area contributed by atoms with Crippen molar-refractivity contribution >= 4 is 11.6 Å². The molecule has 0 saturated carbocycles. The summed E-state index contributed by atoms with van der Waals surface area (Å²) in [6, 6.07) is 12.5. The molecule has 21 heavy (non-hydrogen) atoms. The minimum Gasteiger partial charge on any atom is -0.453 e. The summed E-state index contributed by atoms with van der Waals surface area (Å²) in [5.74, 6) is 0.250. The number of Topliss-reactive ketones (excluding diaryl/α,β-unsaturated/α-hetero) is 1. The van der Waals surface area contributed by atoms with Crippen LogP contribution in [0.3, 0.4) is 0 Å². The molecule has 0 atom stereocenters. The second-order valence-electron chi connectivity index (χ2n) is 5.07. The zero-order chi connectivity index (χ0) is 15.0. The van der Waals surface area contributed by atoms with Crippen LogP contribution in [0.25, 0.3) is 0 Å². The van der Waals surface area contributed by atoms with E-state index >= 15 is 0 Å². The van der Waals surface area contributed by atoms with E-state index in [4.69, 9.17) is 4.74 Å². The summed E-state index contributed by atoms with van der Waals surface area (Å²) in [4.78, 5) is 24.5. The SMILES string of the molecule is Cc1cccc(C)c1OC1=CC(=O)c2ccccc2C1=O. The summed E-state index contributed by atoms with van der Waals surface area (Å²) >= 11 is 0. The molecule has 2 aromatic carbocycles. The van der Waals surface area contributed by atoms with Gasteiger partial charge in [-0.1, -0.05) is 42.5 Å². The van der Waals surface area contributed by atoms with Crippen LogP contribution in [0.2, 0.25) is 0 Å². The largest absolute Gasteiger partial charge is 0.453 e. The van der Waals surface area contributed by atoms with Gasteiger partial charge < -0.3 is 4.74 Å². The van der Waals surface area contributed by atoms with E-state index in [1.807, 2.05) is 32.0 Å². The molecule has 0 fully saturated rings. The Labute approximate surface area is 122 Å². The van der Waals surface area contributed by atoms with Crippen LogP contribution in [0.4, 0.5) is 0 Å². The maximum absolute atomic E-state index is 12.4. The lowest BCUT2D eigenvalue weighted by molar-refractivity contribution is 0.0946. The lowest BCUT2D eigenvalue weighted by Crippen LogP contribution is -2.20. The van der Waals surface area contributed by atoms with Crippen molar-refractivity contribution in [3.8, 4) is 5.75 Å². The Bertz CT molecular complexity index is 765. The summed E-state index contributed by atoms with van der Waals surface area (Å²) in [6.45, 7) is 3.82. The van der Waals surface area contributed by atoms with Gasteiger partial charge in [0.15, 0.2) is 11.5 Å². The number of rotatable bonds is 2. The van der Waals surface area contributed by atoms with Crippen molar-refractivity contribution in [1.82, 2.24) is 0 Å². The summed E-state index contributed by atoms with van der Waals surface area (Å²) < 4.78 is 5.75. The minimum atomic E-state index is -0.257. The molecule has 0 N–H and O–H groups in total. The van der Waals surface area contributed by atoms with Crippen molar-refractivity contribution in [3.05, 3.63) is 76.6 Å². The summed E-state index contributed by atoms with van der Waals surface area (Å²) in [5, 5.41) is 0. The molecule has 0 aromatic heterocycles. The second-order valence-corrected chi connectivity index (χ2v) is 5.07. The van der Waals surface area contributed by atoms with Crippen LogP contribution in [-0.4, -0.2) is 11.6 Å². The van der Waals surface area contributed by atoms with Gasteiger partial charge in [-0.25, -0.2) is 0 Å². The van der Waals surface area contributed by atoms with E-state index in [0.717, 1.165) is 11.1 Å². The molecular formula is C18H14O3. The molecule has 3 heteroatoms. The van der Waals surface area contributed by atoms with Gasteiger partial charge in [-0.2, -0.15) is 0 Å². The van der Waals surface area contributed by atoms with E-state index in [0.29, 0.717) is 16.9 Å². The van der Waals surface area contributed by atoms with Crippen LogP contribution in [0.15, 0.2) is 54.3 Å². The first kappa shape index (κ1) is 13.3. The average Bonchev–Trinajstić information content (AvgIpc) is 2.48. The van der Waals surface area contributed by atoms with Gasteiger partial charge in [-0.15, -0.1) is 0 Å². The molecule has 0 aliphatic heterocycles. The maximum Gasteiger partial charge on any atom is 0.229 e. The molecule has 0 saturated heterocycles. The zero-order valence-electron chi connectivity index (χ0n) is 11.8. The van der Waals surface area contributed by atoms with E-state index < -0.39 is 0 Å². The van der Waals surface area contributed by atoms with Gasteiger partial charge in [-0.3, -0.25) is 9.59 Å². The first-order chi connectivity index (χ1) is 10.1. The lowest BCUT2D eigenvalue weighted by atomic mass is 9.93. The standard InChI is InChI=1S/C18H14O3/c1-11-6-5-7-12(2)18(11)21-16-10-15(19)13-8-3-4-9-14(13)17(16)20/h3-10H,1-2H3. The number of hydrogen-bond acceptors (Lipinski definition) is 3. The van der Waals surface area contributed by atoms with Gasteiger partial charge in [0.05, 0.1) is 0 Å². The predicted octanol–water partition coefficient (Wildman–Crippen LogP) is 3.65. The number of para-hydroxylation sites is 1. The fourth-order valence-corrected chi connectivity index (χ4v) is 2.44. The second kappa shape index (κ2) is 5.02. The van der Waals surface area contributed by atoms with Crippen molar-refractivity contribution < 1.29 is 14.3 Å². The van der Waals surface area contributed by atoms with Gasteiger partial charge >= 0.3 is 0 Å². The number of hydrogen-bond donors (Lipinski definition) is 0. The third kappa shape index (κ3) is 2.27. The van der Waals surface area contributed by atoms with Crippen LogP contribution in [0.5, 0.6) is 5.75 Å². The summed E-state index contributed by atoms with van der Waals surface area (Å²) in [5.41, 5.74) is 2.67. The number of allylic oxidation sites excluding steroid dienone is 2. The Morgan fingerprint density at radius 3 is 2.10 bits per heavy atom. The molecule has 0 unspecified atom stereocenters. The number of benzene rings is 2. The number of ketones is 2. The monoisotopic (exact) mass is 278 g/mol.